The first-order valence-electron chi connectivity index (χ1n) is 5.38. The van der Waals surface area contributed by atoms with E-state index in [2.05, 4.69) is 11.1 Å². The van der Waals surface area contributed by atoms with Gasteiger partial charge in [0.05, 0.1) is 0 Å². The van der Waals surface area contributed by atoms with Crippen LogP contribution in [0.5, 0.6) is 0 Å². The lowest BCUT2D eigenvalue weighted by Gasteiger charge is -1.97. The van der Waals surface area contributed by atoms with Crippen molar-refractivity contribution < 1.29 is 4.79 Å². The average molecular weight is 201 g/mol. The smallest absolute Gasteiger partial charge is 0.137 e. The molecular weight excluding hydrogens is 186 g/mol. The summed E-state index contributed by atoms with van der Waals surface area (Å²) in [6, 6.07) is 8.09. The van der Waals surface area contributed by atoms with Gasteiger partial charge in [-0.1, -0.05) is 25.1 Å². The van der Waals surface area contributed by atoms with Crippen LogP contribution in [-0.4, -0.2) is 10.8 Å². The molecule has 0 aliphatic carbocycles. The molecule has 1 heterocycles. The molecule has 0 aliphatic heterocycles. The summed E-state index contributed by atoms with van der Waals surface area (Å²) in [6.45, 7) is 2.03. The molecule has 2 heteroatoms. The van der Waals surface area contributed by atoms with Crippen LogP contribution < -0.4 is 0 Å². The summed E-state index contributed by atoms with van der Waals surface area (Å²) in [5.74, 6) is 0.322. The fourth-order valence-corrected chi connectivity index (χ4v) is 1.86. The highest BCUT2D eigenvalue weighted by atomic mass is 16.1. The van der Waals surface area contributed by atoms with E-state index in [9.17, 15) is 4.79 Å². The molecule has 1 aromatic carbocycles. The van der Waals surface area contributed by atoms with E-state index in [0.717, 1.165) is 17.5 Å². The van der Waals surface area contributed by atoms with Gasteiger partial charge in [-0.15, -0.1) is 0 Å². The maximum atomic E-state index is 11.5. The summed E-state index contributed by atoms with van der Waals surface area (Å²) in [4.78, 5) is 14.7. The molecule has 1 aromatic heterocycles. The van der Waals surface area contributed by atoms with Crippen LogP contribution in [0.1, 0.15) is 25.3 Å². The zero-order valence-corrected chi connectivity index (χ0v) is 8.92. The number of aromatic nitrogens is 1. The van der Waals surface area contributed by atoms with Gasteiger partial charge >= 0.3 is 0 Å². The molecule has 0 saturated carbocycles. The summed E-state index contributed by atoms with van der Waals surface area (Å²) in [6.07, 6.45) is 4.11. The fourth-order valence-electron chi connectivity index (χ4n) is 1.86. The second-order valence-corrected chi connectivity index (χ2v) is 3.82. The molecule has 1 N–H and O–H groups in total. The highest BCUT2D eigenvalue weighted by Gasteiger charge is 2.07. The van der Waals surface area contributed by atoms with Gasteiger partial charge in [-0.2, -0.15) is 0 Å². The predicted molar refractivity (Wildman–Crippen MR) is 61.9 cm³/mol. The van der Waals surface area contributed by atoms with Gasteiger partial charge in [-0.05, 0) is 18.1 Å². The van der Waals surface area contributed by atoms with Gasteiger partial charge in [0.25, 0.3) is 0 Å². The van der Waals surface area contributed by atoms with E-state index < -0.39 is 0 Å². The van der Waals surface area contributed by atoms with Crippen LogP contribution in [0.2, 0.25) is 0 Å². The van der Waals surface area contributed by atoms with Crippen molar-refractivity contribution in [2.75, 3.05) is 0 Å². The number of fused-ring (bicyclic) bond motifs is 1. The number of benzene rings is 1. The summed E-state index contributed by atoms with van der Waals surface area (Å²) in [7, 11) is 0. The maximum absolute atomic E-state index is 11.5. The first-order valence-corrected chi connectivity index (χ1v) is 5.38. The first-order chi connectivity index (χ1) is 7.31. The highest BCUT2D eigenvalue weighted by Crippen LogP contribution is 2.18. The van der Waals surface area contributed by atoms with Crippen LogP contribution in [0.25, 0.3) is 10.9 Å². The van der Waals surface area contributed by atoms with E-state index >= 15 is 0 Å². The van der Waals surface area contributed by atoms with E-state index in [-0.39, 0.29) is 0 Å². The van der Waals surface area contributed by atoms with Gasteiger partial charge in [0.1, 0.15) is 5.78 Å². The molecule has 0 saturated heterocycles. The van der Waals surface area contributed by atoms with Gasteiger partial charge in [-0.25, -0.2) is 0 Å². The Morgan fingerprint density at radius 3 is 2.93 bits per heavy atom. The monoisotopic (exact) mass is 201 g/mol. The van der Waals surface area contributed by atoms with Crippen molar-refractivity contribution in [3.05, 3.63) is 36.0 Å². The molecule has 78 valence electrons. The minimum Gasteiger partial charge on any atom is -0.361 e. The van der Waals surface area contributed by atoms with E-state index in [1.807, 2.05) is 31.3 Å². The fraction of sp³-hybridized carbons (Fsp3) is 0.308. The minimum absolute atomic E-state index is 0.322. The average Bonchev–Trinajstić information content (AvgIpc) is 2.62. The van der Waals surface area contributed by atoms with Crippen LogP contribution in [0.3, 0.4) is 0 Å². The van der Waals surface area contributed by atoms with Gasteiger partial charge in [-0.3, -0.25) is 4.79 Å². The Kier molecular flexibility index (Phi) is 2.86. The minimum atomic E-state index is 0.322. The SMILES string of the molecule is CCCC(=O)Cc1c[nH]c2ccccc12. The molecule has 0 fully saturated rings. The molecule has 0 atom stereocenters. The standard InChI is InChI=1S/C13H15NO/c1-2-5-11(15)8-10-9-14-13-7-4-3-6-12(10)13/h3-4,6-7,9,14H,2,5,8H2,1H3. The third-order valence-electron chi connectivity index (χ3n) is 2.59. The number of Topliss-reactive ketones (excluding diaryl/α,β-unsaturated/α-hetero) is 1. The molecule has 0 aliphatic rings. The number of hydrogen-bond acceptors (Lipinski definition) is 1. The number of rotatable bonds is 4. The van der Waals surface area contributed by atoms with Crippen molar-refractivity contribution in [3.63, 3.8) is 0 Å². The Morgan fingerprint density at radius 1 is 1.33 bits per heavy atom. The molecule has 2 nitrogen and oxygen atoms in total. The van der Waals surface area contributed by atoms with Crippen LogP contribution in [-0.2, 0) is 11.2 Å². The Labute approximate surface area is 89.3 Å². The lowest BCUT2D eigenvalue weighted by Crippen LogP contribution is -2.00. The number of ketones is 1. The molecule has 0 spiro atoms. The number of aromatic amines is 1. The van der Waals surface area contributed by atoms with E-state index in [0.29, 0.717) is 18.6 Å². The Bertz CT molecular complexity index is 470. The third kappa shape index (κ3) is 2.09. The third-order valence-corrected chi connectivity index (χ3v) is 2.59. The second-order valence-electron chi connectivity index (χ2n) is 3.82. The van der Waals surface area contributed by atoms with Gasteiger partial charge < -0.3 is 4.98 Å². The van der Waals surface area contributed by atoms with Gasteiger partial charge in [0.2, 0.25) is 0 Å². The zero-order valence-electron chi connectivity index (χ0n) is 8.92. The Morgan fingerprint density at radius 2 is 2.13 bits per heavy atom. The lowest BCUT2D eigenvalue weighted by molar-refractivity contribution is -0.118. The van der Waals surface area contributed by atoms with Crippen LogP contribution in [0.15, 0.2) is 30.5 Å². The molecule has 0 radical (unpaired) electrons. The van der Waals surface area contributed by atoms with E-state index in [1.54, 1.807) is 0 Å². The highest BCUT2D eigenvalue weighted by molar-refractivity contribution is 5.89. The van der Waals surface area contributed by atoms with Crippen LogP contribution in [0.4, 0.5) is 0 Å². The Hall–Kier alpha value is -1.57. The van der Waals surface area contributed by atoms with Crippen molar-refractivity contribution in [1.29, 1.82) is 0 Å². The predicted octanol–water partition coefficient (Wildman–Crippen LogP) is 3.08. The van der Waals surface area contributed by atoms with Crippen molar-refractivity contribution in [2.45, 2.75) is 26.2 Å². The number of H-pyrrole nitrogens is 1. The van der Waals surface area contributed by atoms with Gasteiger partial charge in [0.15, 0.2) is 0 Å². The topological polar surface area (TPSA) is 32.9 Å². The number of hydrogen-bond donors (Lipinski definition) is 1. The number of para-hydroxylation sites is 1. The molecule has 15 heavy (non-hydrogen) atoms. The zero-order chi connectivity index (χ0) is 10.7. The summed E-state index contributed by atoms with van der Waals surface area (Å²) < 4.78 is 0. The molecule has 0 unspecified atom stereocenters. The molecular formula is C13H15NO. The second kappa shape index (κ2) is 4.30. The molecule has 2 aromatic rings. The Balaban J connectivity index is 2.25. The quantitative estimate of drug-likeness (QED) is 0.810. The largest absolute Gasteiger partial charge is 0.361 e. The lowest BCUT2D eigenvalue weighted by atomic mass is 10.1. The maximum Gasteiger partial charge on any atom is 0.137 e. The van der Waals surface area contributed by atoms with Crippen LogP contribution >= 0.6 is 0 Å². The first kappa shape index (κ1) is 9.97. The summed E-state index contributed by atoms with van der Waals surface area (Å²) in [5, 5.41) is 1.17. The normalized spacial score (nSPS) is 10.7. The molecule has 0 bridgehead atoms. The van der Waals surface area contributed by atoms with Crippen molar-refractivity contribution in [1.82, 2.24) is 4.98 Å². The van der Waals surface area contributed by atoms with Crippen molar-refractivity contribution >= 4 is 16.7 Å². The summed E-state index contributed by atoms with van der Waals surface area (Å²) in [5.41, 5.74) is 2.22. The molecule has 0 amide bonds. The van der Waals surface area contributed by atoms with E-state index in [4.69, 9.17) is 0 Å². The van der Waals surface area contributed by atoms with Crippen molar-refractivity contribution in [3.8, 4) is 0 Å². The van der Waals surface area contributed by atoms with Gasteiger partial charge in [0, 0.05) is 29.9 Å². The molecule has 2 rings (SSSR count). The van der Waals surface area contributed by atoms with Crippen molar-refractivity contribution in [2.24, 2.45) is 0 Å². The number of carbonyl (C=O) groups excluding carboxylic acids is 1. The number of carbonyl (C=O) groups is 1. The van der Waals surface area contributed by atoms with Crippen LogP contribution in [0, 0.1) is 0 Å². The van der Waals surface area contributed by atoms with E-state index in [1.165, 1.54) is 5.39 Å². The number of nitrogens with one attached hydrogen (secondary N) is 1. The summed E-state index contributed by atoms with van der Waals surface area (Å²) >= 11 is 0.